The van der Waals surface area contributed by atoms with Crippen LogP contribution in [0.4, 0.5) is 5.95 Å². The third-order valence-corrected chi connectivity index (χ3v) is 4.80. The minimum absolute atomic E-state index is 0.552. The van der Waals surface area contributed by atoms with Gasteiger partial charge in [-0.05, 0) is 50.7 Å². The van der Waals surface area contributed by atoms with Gasteiger partial charge >= 0.3 is 0 Å². The molecule has 24 heavy (non-hydrogen) atoms. The maximum absolute atomic E-state index is 5.84. The standard InChI is InChI=1S/C18H23N5O/c1-13-6-9-19-18(20-13)23-10-7-14(8-11-23)12-24-17-5-4-16(21-22-17)15-2-3-15/h4-6,9,14-15H,2-3,7-8,10-12H2,1H3. The van der Waals surface area contributed by atoms with E-state index in [1.54, 1.807) is 0 Å². The maximum atomic E-state index is 5.84. The molecule has 2 aliphatic rings. The van der Waals surface area contributed by atoms with Crippen LogP contribution in [-0.4, -0.2) is 39.9 Å². The molecule has 6 nitrogen and oxygen atoms in total. The van der Waals surface area contributed by atoms with Gasteiger partial charge in [0.15, 0.2) is 0 Å². The summed E-state index contributed by atoms with van der Waals surface area (Å²) < 4.78 is 5.84. The highest BCUT2D eigenvalue weighted by molar-refractivity contribution is 5.30. The monoisotopic (exact) mass is 325 g/mol. The van der Waals surface area contributed by atoms with Gasteiger partial charge in [-0.25, -0.2) is 9.97 Å². The van der Waals surface area contributed by atoms with Crippen LogP contribution >= 0.6 is 0 Å². The average Bonchev–Trinajstić information content (AvgIpc) is 3.46. The molecule has 0 unspecified atom stereocenters. The Morgan fingerprint density at radius 3 is 2.58 bits per heavy atom. The van der Waals surface area contributed by atoms with Crippen molar-refractivity contribution in [1.82, 2.24) is 20.2 Å². The van der Waals surface area contributed by atoms with Gasteiger partial charge in [-0.2, -0.15) is 5.10 Å². The van der Waals surface area contributed by atoms with Crippen molar-refractivity contribution in [2.75, 3.05) is 24.6 Å². The predicted octanol–water partition coefficient (Wildman–Crippen LogP) is 2.75. The van der Waals surface area contributed by atoms with Crippen molar-refractivity contribution in [3.63, 3.8) is 0 Å². The largest absolute Gasteiger partial charge is 0.476 e. The van der Waals surface area contributed by atoms with Crippen molar-refractivity contribution in [1.29, 1.82) is 0 Å². The third-order valence-electron chi connectivity index (χ3n) is 4.80. The van der Waals surface area contributed by atoms with Crippen LogP contribution in [0.3, 0.4) is 0 Å². The van der Waals surface area contributed by atoms with Crippen LogP contribution in [0.5, 0.6) is 5.88 Å². The van der Waals surface area contributed by atoms with Crippen LogP contribution < -0.4 is 9.64 Å². The van der Waals surface area contributed by atoms with Crippen molar-refractivity contribution in [3.05, 3.63) is 35.8 Å². The topological polar surface area (TPSA) is 64.0 Å². The molecule has 6 heteroatoms. The van der Waals surface area contributed by atoms with Gasteiger partial charge in [-0.15, -0.1) is 5.10 Å². The molecule has 2 aromatic rings. The van der Waals surface area contributed by atoms with Gasteiger partial charge in [-0.3, -0.25) is 0 Å². The minimum Gasteiger partial charge on any atom is -0.476 e. The molecule has 4 rings (SSSR count). The number of hydrogen-bond donors (Lipinski definition) is 0. The zero-order valence-electron chi connectivity index (χ0n) is 14.1. The predicted molar refractivity (Wildman–Crippen MR) is 91.2 cm³/mol. The van der Waals surface area contributed by atoms with Gasteiger partial charge in [0.25, 0.3) is 0 Å². The van der Waals surface area contributed by atoms with Crippen LogP contribution in [0.15, 0.2) is 24.4 Å². The molecule has 0 amide bonds. The first kappa shape index (κ1) is 15.3. The molecule has 1 saturated heterocycles. The molecule has 0 aromatic carbocycles. The molecular weight excluding hydrogens is 302 g/mol. The number of ether oxygens (including phenoxy) is 1. The van der Waals surface area contributed by atoms with Gasteiger partial charge in [0.1, 0.15) is 0 Å². The maximum Gasteiger partial charge on any atom is 0.233 e. The van der Waals surface area contributed by atoms with E-state index in [1.165, 1.54) is 12.8 Å². The van der Waals surface area contributed by atoms with E-state index in [0.717, 1.165) is 43.3 Å². The zero-order chi connectivity index (χ0) is 16.4. The number of aromatic nitrogens is 4. The molecule has 0 atom stereocenters. The molecule has 1 saturated carbocycles. The number of anilines is 1. The van der Waals surface area contributed by atoms with Gasteiger partial charge in [-0.1, -0.05) is 0 Å². The first-order valence-corrected chi connectivity index (χ1v) is 8.79. The molecule has 0 spiro atoms. The lowest BCUT2D eigenvalue weighted by molar-refractivity contribution is 0.213. The fraction of sp³-hybridized carbons (Fsp3) is 0.556. The lowest BCUT2D eigenvalue weighted by Gasteiger charge is -2.31. The third kappa shape index (κ3) is 3.63. The Kier molecular flexibility index (Phi) is 4.28. The number of rotatable bonds is 5. The van der Waals surface area contributed by atoms with E-state index < -0.39 is 0 Å². The lowest BCUT2D eigenvalue weighted by Crippen LogP contribution is -2.36. The molecule has 0 bridgehead atoms. The van der Waals surface area contributed by atoms with Crippen LogP contribution in [0, 0.1) is 12.8 Å². The average molecular weight is 325 g/mol. The molecule has 2 aromatic heterocycles. The SMILES string of the molecule is Cc1ccnc(N2CCC(COc3ccc(C4CC4)nn3)CC2)n1. The molecule has 2 fully saturated rings. The molecule has 1 aliphatic heterocycles. The smallest absolute Gasteiger partial charge is 0.233 e. The highest BCUT2D eigenvalue weighted by Crippen LogP contribution is 2.38. The Morgan fingerprint density at radius 2 is 1.92 bits per heavy atom. The Bertz CT molecular complexity index is 678. The number of aryl methyl sites for hydroxylation is 1. The van der Waals surface area contributed by atoms with E-state index in [0.29, 0.717) is 24.3 Å². The second kappa shape index (κ2) is 6.71. The second-order valence-corrected chi connectivity index (χ2v) is 6.81. The lowest BCUT2D eigenvalue weighted by atomic mass is 9.98. The highest BCUT2D eigenvalue weighted by Gasteiger charge is 2.25. The molecule has 1 aliphatic carbocycles. The normalized spacial score (nSPS) is 18.6. The molecule has 0 N–H and O–H groups in total. The van der Waals surface area contributed by atoms with Crippen LogP contribution in [0.25, 0.3) is 0 Å². The van der Waals surface area contributed by atoms with Crippen LogP contribution in [0.1, 0.15) is 43.0 Å². The summed E-state index contributed by atoms with van der Waals surface area (Å²) in [5, 5.41) is 8.46. The minimum atomic E-state index is 0.552. The second-order valence-electron chi connectivity index (χ2n) is 6.81. The fourth-order valence-electron chi connectivity index (χ4n) is 3.10. The van der Waals surface area contributed by atoms with Crippen molar-refractivity contribution in [2.45, 2.75) is 38.5 Å². The van der Waals surface area contributed by atoms with E-state index in [9.17, 15) is 0 Å². The first-order chi connectivity index (χ1) is 11.8. The summed E-state index contributed by atoms with van der Waals surface area (Å²) in [4.78, 5) is 11.1. The quantitative estimate of drug-likeness (QED) is 0.842. The molecular formula is C18H23N5O. The summed E-state index contributed by atoms with van der Waals surface area (Å²) in [6.07, 6.45) is 6.50. The van der Waals surface area contributed by atoms with Gasteiger partial charge in [0.2, 0.25) is 11.8 Å². The van der Waals surface area contributed by atoms with Crippen molar-refractivity contribution in [2.24, 2.45) is 5.92 Å². The summed E-state index contributed by atoms with van der Waals surface area (Å²) in [5.74, 6) is 2.68. The van der Waals surface area contributed by atoms with E-state index in [4.69, 9.17) is 4.74 Å². The Hall–Kier alpha value is -2.24. The molecule has 0 radical (unpaired) electrons. The number of piperidine rings is 1. The number of hydrogen-bond acceptors (Lipinski definition) is 6. The highest BCUT2D eigenvalue weighted by atomic mass is 16.5. The zero-order valence-corrected chi connectivity index (χ0v) is 14.1. The summed E-state index contributed by atoms with van der Waals surface area (Å²) >= 11 is 0. The van der Waals surface area contributed by atoms with Crippen molar-refractivity contribution >= 4 is 5.95 Å². The van der Waals surface area contributed by atoms with E-state index in [-0.39, 0.29) is 0 Å². The van der Waals surface area contributed by atoms with E-state index in [2.05, 4.69) is 31.1 Å². The van der Waals surface area contributed by atoms with Gasteiger partial charge in [0.05, 0.1) is 12.3 Å². The van der Waals surface area contributed by atoms with Gasteiger partial charge < -0.3 is 9.64 Å². The van der Waals surface area contributed by atoms with E-state index >= 15 is 0 Å². The molecule has 126 valence electrons. The molecule has 3 heterocycles. The summed E-state index contributed by atoms with van der Waals surface area (Å²) in [5.41, 5.74) is 2.12. The van der Waals surface area contributed by atoms with E-state index in [1.807, 2.05) is 25.3 Å². The Balaban J connectivity index is 1.25. The van der Waals surface area contributed by atoms with Crippen LogP contribution in [0.2, 0.25) is 0 Å². The summed E-state index contributed by atoms with van der Waals surface area (Å²) in [7, 11) is 0. The first-order valence-electron chi connectivity index (χ1n) is 8.79. The number of nitrogens with zero attached hydrogens (tertiary/aromatic N) is 5. The fourth-order valence-corrected chi connectivity index (χ4v) is 3.10. The van der Waals surface area contributed by atoms with Crippen molar-refractivity contribution in [3.8, 4) is 5.88 Å². The van der Waals surface area contributed by atoms with Crippen LogP contribution in [-0.2, 0) is 0 Å². The summed E-state index contributed by atoms with van der Waals surface area (Å²) in [6, 6.07) is 5.94. The van der Waals surface area contributed by atoms with Gasteiger partial charge in [0, 0.05) is 37.0 Å². The van der Waals surface area contributed by atoms with Crippen molar-refractivity contribution < 1.29 is 4.74 Å². The Labute approximate surface area is 142 Å². The summed E-state index contributed by atoms with van der Waals surface area (Å²) in [6.45, 7) is 4.66. The Morgan fingerprint density at radius 1 is 1.08 bits per heavy atom.